The Bertz CT molecular complexity index is 695. The van der Waals surface area contributed by atoms with Gasteiger partial charge in [0.1, 0.15) is 18.8 Å². The summed E-state index contributed by atoms with van der Waals surface area (Å²) in [6.45, 7) is 9.15. The van der Waals surface area contributed by atoms with E-state index in [2.05, 4.69) is 34.7 Å². The lowest BCUT2D eigenvalue weighted by atomic mass is 10.2. The minimum atomic E-state index is -4.50. The highest BCUT2D eigenvalue weighted by Crippen LogP contribution is 2.30. The number of aryl methyl sites for hydroxylation is 1. The number of hydrogen-bond acceptors (Lipinski definition) is 4. The van der Waals surface area contributed by atoms with E-state index in [1.807, 2.05) is 0 Å². The number of pyridine rings is 1. The van der Waals surface area contributed by atoms with Crippen LogP contribution in [0, 0.1) is 6.92 Å². The molecule has 2 aromatic heterocycles. The lowest BCUT2D eigenvalue weighted by Crippen LogP contribution is -2.22. The van der Waals surface area contributed by atoms with E-state index in [0.29, 0.717) is 6.61 Å². The second-order valence-electron chi connectivity index (χ2n) is 6.84. The predicted molar refractivity (Wildman–Crippen MR) is 87.1 cm³/mol. The Balaban J connectivity index is 2.07. The van der Waals surface area contributed by atoms with Crippen LogP contribution in [-0.2, 0) is 17.6 Å². The number of nitrogens with zero attached hydrogens (tertiary/aromatic N) is 4. The fourth-order valence-corrected chi connectivity index (χ4v) is 2.73. The first kappa shape index (κ1) is 18.6. The molecule has 2 aromatic rings. The summed E-state index contributed by atoms with van der Waals surface area (Å²) in [5, 5.41) is 4.18. The van der Waals surface area contributed by atoms with Gasteiger partial charge in [0, 0.05) is 25.9 Å². The normalized spacial score (nSPS) is 12.6. The maximum absolute atomic E-state index is 12.8. The van der Waals surface area contributed by atoms with Crippen molar-refractivity contribution in [1.82, 2.24) is 19.7 Å². The molecular weight excluding hydrogens is 337 g/mol. The molecule has 0 atom stereocenters. The van der Waals surface area contributed by atoms with Crippen LogP contribution in [0.4, 0.5) is 13.2 Å². The van der Waals surface area contributed by atoms with Gasteiger partial charge < -0.3 is 4.74 Å². The van der Waals surface area contributed by atoms with Crippen molar-refractivity contribution >= 4 is 8.07 Å². The number of rotatable bonds is 6. The summed E-state index contributed by atoms with van der Waals surface area (Å²) < 4.78 is 45.6. The highest BCUT2D eigenvalue weighted by molar-refractivity contribution is 6.76. The second kappa shape index (κ2) is 7.02. The molecular formula is C15H21F3N4OSi. The van der Waals surface area contributed by atoms with Gasteiger partial charge in [0.2, 0.25) is 0 Å². The van der Waals surface area contributed by atoms with E-state index < -0.39 is 19.9 Å². The van der Waals surface area contributed by atoms with E-state index in [1.165, 1.54) is 24.0 Å². The zero-order valence-corrected chi connectivity index (χ0v) is 15.2. The van der Waals surface area contributed by atoms with Crippen LogP contribution in [0.1, 0.15) is 11.4 Å². The molecule has 132 valence electrons. The molecule has 0 aliphatic heterocycles. The molecule has 0 unspecified atom stereocenters. The van der Waals surface area contributed by atoms with Crippen LogP contribution in [0.15, 0.2) is 18.5 Å². The summed E-state index contributed by atoms with van der Waals surface area (Å²) in [7, 11) is -1.16. The molecule has 0 bridgehead atoms. The first-order chi connectivity index (χ1) is 11.0. The molecule has 0 aliphatic carbocycles. The molecule has 24 heavy (non-hydrogen) atoms. The minimum Gasteiger partial charge on any atom is -0.359 e. The summed E-state index contributed by atoms with van der Waals surface area (Å²) in [6.07, 6.45) is -3.05. The predicted octanol–water partition coefficient (Wildman–Crippen LogP) is 3.98. The Morgan fingerprint density at radius 2 is 1.92 bits per heavy atom. The van der Waals surface area contributed by atoms with Crippen molar-refractivity contribution in [2.24, 2.45) is 0 Å². The van der Waals surface area contributed by atoms with Crippen molar-refractivity contribution in [2.45, 2.75) is 45.5 Å². The average Bonchev–Trinajstić information content (AvgIpc) is 2.90. The maximum atomic E-state index is 12.8. The van der Waals surface area contributed by atoms with Crippen LogP contribution in [-0.4, -0.2) is 34.4 Å². The number of alkyl halides is 3. The van der Waals surface area contributed by atoms with Gasteiger partial charge in [0.05, 0.1) is 0 Å². The van der Waals surface area contributed by atoms with E-state index in [4.69, 9.17) is 4.74 Å². The Morgan fingerprint density at radius 1 is 1.21 bits per heavy atom. The first-order valence-corrected chi connectivity index (χ1v) is 11.3. The zero-order valence-electron chi connectivity index (χ0n) is 14.2. The summed E-state index contributed by atoms with van der Waals surface area (Å²) in [5.41, 5.74) is -0.390. The Kier molecular flexibility index (Phi) is 5.44. The van der Waals surface area contributed by atoms with Crippen LogP contribution in [0.5, 0.6) is 0 Å². The number of halogens is 3. The molecule has 2 rings (SSSR count). The van der Waals surface area contributed by atoms with Gasteiger partial charge in [-0.1, -0.05) is 19.6 Å². The topological polar surface area (TPSA) is 52.8 Å². The Morgan fingerprint density at radius 3 is 2.54 bits per heavy atom. The highest BCUT2D eigenvalue weighted by atomic mass is 28.3. The van der Waals surface area contributed by atoms with Crippen molar-refractivity contribution < 1.29 is 17.9 Å². The lowest BCUT2D eigenvalue weighted by Gasteiger charge is -2.15. The Hall–Kier alpha value is -1.74. The van der Waals surface area contributed by atoms with E-state index >= 15 is 0 Å². The quantitative estimate of drug-likeness (QED) is 0.579. The molecule has 0 saturated heterocycles. The van der Waals surface area contributed by atoms with Crippen molar-refractivity contribution in [2.75, 3.05) is 6.61 Å². The van der Waals surface area contributed by atoms with Gasteiger partial charge in [-0.05, 0) is 25.1 Å². The van der Waals surface area contributed by atoms with E-state index in [0.717, 1.165) is 12.1 Å². The standard InChI is InChI=1S/C15H21F3N4OSi/c1-11-7-12(8-13(20-11)15(16,17)18)14-19-9-22(21-14)10-23-5-6-24(2,3)4/h7-9H,5-6,10H2,1-4H3. The molecule has 5 nitrogen and oxygen atoms in total. The van der Waals surface area contributed by atoms with E-state index in [-0.39, 0.29) is 23.8 Å². The van der Waals surface area contributed by atoms with Crippen molar-refractivity contribution in [3.05, 3.63) is 29.8 Å². The molecule has 0 saturated carbocycles. The summed E-state index contributed by atoms with van der Waals surface area (Å²) >= 11 is 0. The summed E-state index contributed by atoms with van der Waals surface area (Å²) in [4.78, 5) is 7.58. The SMILES string of the molecule is Cc1cc(-c2ncn(COCC[Si](C)(C)C)n2)cc(C(F)(F)F)n1. The van der Waals surface area contributed by atoms with Gasteiger partial charge in [0.15, 0.2) is 5.82 Å². The number of ether oxygens (including phenoxy) is 1. The van der Waals surface area contributed by atoms with Crippen molar-refractivity contribution in [3.63, 3.8) is 0 Å². The van der Waals surface area contributed by atoms with Crippen LogP contribution in [0.3, 0.4) is 0 Å². The Labute approximate surface area is 139 Å². The summed E-state index contributed by atoms with van der Waals surface area (Å²) in [5.74, 6) is 0.222. The van der Waals surface area contributed by atoms with Crippen molar-refractivity contribution in [3.8, 4) is 11.4 Å². The van der Waals surface area contributed by atoms with Gasteiger partial charge in [-0.25, -0.2) is 14.6 Å². The molecule has 9 heteroatoms. The largest absolute Gasteiger partial charge is 0.433 e. The minimum absolute atomic E-state index is 0.222. The molecule has 0 aliphatic rings. The van der Waals surface area contributed by atoms with Gasteiger partial charge in [0.25, 0.3) is 0 Å². The molecule has 0 aromatic carbocycles. The molecule has 0 spiro atoms. The average molecular weight is 358 g/mol. The monoisotopic (exact) mass is 358 g/mol. The molecule has 0 fully saturated rings. The van der Waals surface area contributed by atoms with Crippen LogP contribution in [0.2, 0.25) is 25.7 Å². The maximum Gasteiger partial charge on any atom is 0.433 e. The second-order valence-corrected chi connectivity index (χ2v) is 12.5. The first-order valence-electron chi connectivity index (χ1n) is 7.58. The third-order valence-corrected chi connectivity index (χ3v) is 4.96. The van der Waals surface area contributed by atoms with Gasteiger partial charge in [-0.2, -0.15) is 13.2 Å². The number of hydrogen-bond donors (Lipinski definition) is 0. The van der Waals surface area contributed by atoms with Crippen LogP contribution < -0.4 is 0 Å². The van der Waals surface area contributed by atoms with E-state index in [9.17, 15) is 13.2 Å². The van der Waals surface area contributed by atoms with Gasteiger partial charge in [-0.15, -0.1) is 5.10 Å². The van der Waals surface area contributed by atoms with Gasteiger partial charge >= 0.3 is 6.18 Å². The van der Waals surface area contributed by atoms with Crippen molar-refractivity contribution in [1.29, 1.82) is 0 Å². The molecule has 0 amide bonds. The van der Waals surface area contributed by atoms with Gasteiger partial charge in [-0.3, -0.25) is 0 Å². The molecule has 2 heterocycles. The fraction of sp³-hybridized carbons (Fsp3) is 0.533. The molecule has 0 N–H and O–H groups in total. The number of aromatic nitrogens is 4. The third-order valence-electron chi connectivity index (χ3n) is 3.26. The lowest BCUT2D eigenvalue weighted by molar-refractivity contribution is -0.141. The fourth-order valence-electron chi connectivity index (χ4n) is 1.97. The highest BCUT2D eigenvalue weighted by Gasteiger charge is 2.33. The van der Waals surface area contributed by atoms with Crippen LogP contribution in [0.25, 0.3) is 11.4 Å². The third kappa shape index (κ3) is 5.41. The summed E-state index contributed by atoms with van der Waals surface area (Å²) in [6, 6.07) is 3.52. The van der Waals surface area contributed by atoms with Crippen LogP contribution >= 0.6 is 0 Å². The van der Waals surface area contributed by atoms with E-state index in [1.54, 1.807) is 0 Å². The smallest absolute Gasteiger partial charge is 0.359 e. The zero-order chi connectivity index (χ0) is 18.0. The molecule has 0 radical (unpaired) electrons.